The van der Waals surface area contributed by atoms with Crippen molar-refractivity contribution in [3.05, 3.63) is 0 Å². The van der Waals surface area contributed by atoms with Crippen LogP contribution in [0.2, 0.25) is 0 Å². The normalized spacial score (nSPS) is 39.2. The lowest BCUT2D eigenvalue weighted by molar-refractivity contribution is -0.0410. The van der Waals surface area contributed by atoms with Gasteiger partial charge < -0.3 is 5.11 Å². The van der Waals surface area contributed by atoms with Gasteiger partial charge in [0.05, 0.1) is 6.10 Å². The fourth-order valence-corrected chi connectivity index (χ4v) is 3.86. The van der Waals surface area contributed by atoms with Crippen LogP contribution in [0.1, 0.15) is 65.7 Å². The number of aliphatic hydroxyl groups is 1. The van der Waals surface area contributed by atoms with Crippen LogP contribution >= 0.6 is 0 Å². The summed E-state index contributed by atoms with van der Waals surface area (Å²) in [4.78, 5) is 2.73. The van der Waals surface area contributed by atoms with Crippen LogP contribution < -0.4 is 0 Å². The molecule has 1 aliphatic carbocycles. The van der Waals surface area contributed by atoms with Crippen molar-refractivity contribution in [2.45, 2.75) is 83.9 Å². The van der Waals surface area contributed by atoms with Gasteiger partial charge in [-0.3, -0.25) is 4.90 Å². The minimum atomic E-state index is -0.0625. The summed E-state index contributed by atoms with van der Waals surface area (Å²) in [5.41, 5.74) is 0.379. The highest BCUT2D eigenvalue weighted by atomic mass is 16.3. The second-order valence-electron chi connectivity index (χ2n) is 6.73. The van der Waals surface area contributed by atoms with Gasteiger partial charge in [0.15, 0.2) is 0 Å². The Bertz CT molecular complexity index is 251. The van der Waals surface area contributed by atoms with Crippen molar-refractivity contribution >= 4 is 0 Å². The Hall–Kier alpha value is -0.0800. The molecule has 17 heavy (non-hydrogen) atoms. The van der Waals surface area contributed by atoms with Crippen molar-refractivity contribution in [2.24, 2.45) is 5.41 Å². The summed E-state index contributed by atoms with van der Waals surface area (Å²) >= 11 is 0. The van der Waals surface area contributed by atoms with Crippen LogP contribution in [0.25, 0.3) is 0 Å². The van der Waals surface area contributed by atoms with Crippen molar-refractivity contribution in [1.82, 2.24) is 4.90 Å². The van der Waals surface area contributed by atoms with E-state index in [1.807, 2.05) is 0 Å². The van der Waals surface area contributed by atoms with Gasteiger partial charge >= 0.3 is 0 Å². The maximum Gasteiger partial charge on any atom is 0.0555 e. The maximum atomic E-state index is 9.97. The first-order valence-corrected chi connectivity index (χ1v) is 7.48. The van der Waals surface area contributed by atoms with Gasteiger partial charge in [-0.25, -0.2) is 0 Å². The number of piperidine rings is 1. The molecule has 2 aliphatic rings. The molecule has 1 saturated carbocycles. The predicted molar refractivity (Wildman–Crippen MR) is 72.1 cm³/mol. The Kier molecular flexibility index (Phi) is 4.14. The average Bonchev–Trinajstić information content (AvgIpc) is 2.32. The highest BCUT2D eigenvalue weighted by Crippen LogP contribution is 2.41. The molecule has 0 aromatic rings. The quantitative estimate of drug-likeness (QED) is 0.800. The number of hydrogen-bond acceptors (Lipinski definition) is 2. The summed E-state index contributed by atoms with van der Waals surface area (Å²) in [5, 5.41) is 9.97. The summed E-state index contributed by atoms with van der Waals surface area (Å²) in [6.45, 7) is 8.35. The topological polar surface area (TPSA) is 23.5 Å². The predicted octanol–water partition coefficient (Wildman–Crippen LogP) is 3.19. The fraction of sp³-hybridized carbons (Fsp3) is 1.00. The molecule has 0 amide bonds. The molecule has 3 unspecified atom stereocenters. The van der Waals surface area contributed by atoms with Crippen LogP contribution in [-0.2, 0) is 0 Å². The SMILES string of the molecule is CCC1CCCCN1C1CC(O)CCC1(C)C. The second kappa shape index (κ2) is 5.27. The number of likely N-dealkylation sites (tertiary alicyclic amines) is 1. The first kappa shape index (κ1) is 13.4. The van der Waals surface area contributed by atoms with Crippen LogP contribution in [-0.4, -0.2) is 34.7 Å². The van der Waals surface area contributed by atoms with E-state index in [0.29, 0.717) is 11.5 Å². The number of nitrogens with zero attached hydrogens (tertiary/aromatic N) is 1. The lowest BCUT2D eigenvalue weighted by atomic mass is 9.70. The molecule has 1 saturated heterocycles. The van der Waals surface area contributed by atoms with Crippen molar-refractivity contribution in [3.63, 3.8) is 0 Å². The van der Waals surface area contributed by atoms with Gasteiger partial charge in [0, 0.05) is 12.1 Å². The van der Waals surface area contributed by atoms with Crippen LogP contribution in [0.4, 0.5) is 0 Å². The molecule has 1 aliphatic heterocycles. The van der Waals surface area contributed by atoms with Crippen molar-refractivity contribution < 1.29 is 5.11 Å². The molecule has 2 heteroatoms. The summed E-state index contributed by atoms with van der Waals surface area (Å²) in [6.07, 6.45) is 8.46. The largest absolute Gasteiger partial charge is 0.393 e. The van der Waals surface area contributed by atoms with Crippen molar-refractivity contribution in [1.29, 1.82) is 0 Å². The van der Waals surface area contributed by atoms with E-state index in [2.05, 4.69) is 25.7 Å². The first-order chi connectivity index (χ1) is 8.04. The number of aliphatic hydroxyl groups excluding tert-OH is 1. The molecule has 100 valence electrons. The van der Waals surface area contributed by atoms with Gasteiger partial charge in [-0.1, -0.05) is 27.2 Å². The molecule has 1 N–H and O–H groups in total. The summed E-state index contributed by atoms with van der Waals surface area (Å²) < 4.78 is 0. The van der Waals surface area contributed by atoms with Crippen LogP contribution in [0, 0.1) is 5.41 Å². The van der Waals surface area contributed by atoms with E-state index in [0.717, 1.165) is 18.9 Å². The highest BCUT2D eigenvalue weighted by molar-refractivity contribution is 4.95. The Morgan fingerprint density at radius 3 is 2.71 bits per heavy atom. The Labute approximate surface area is 106 Å². The third-order valence-corrected chi connectivity index (χ3v) is 5.06. The Balaban J connectivity index is 2.11. The van der Waals surface area contributed by atoms with Gasteiger partial charge in [-0.05, 0) is 50.5 Å². The van der Waals surface area contributed by atoms with E-state index in [9.17, 15) is 5.11 Å². The monoisotopic (exact) mass is 239 g/mol. The van der Waals surface area contributed by atoms with Gasteiger partial charge in [0.2, 0.25) is 0 Å². The molecule has 3 atom stereocenters. The minimum absolute atomic E-state index is 0.0625. The molecule has 0 aromatic carbocycles. The zero-order chi connectivity index (χ0) is 12.5. The van der Waals surface area contributed by atoms with Gasteiger partial charge in [-0.2, -0.15) is 0 Å². The first-order valence-electron chi connectivity index (χ1n) is 7.48. The zero-order valence-corrected chi connectivity index (χ0v) is 11.8. The third-order valence-electron chi connectivity index (χ3n) is 5.06. The fourth-order valence-electron chi connectivity index (χ4n) is 3.86. The lowest BCUT2D eigenvalue weighted by Gasteiger charge is -2.51. The molecular formula is C15H29NO. The molecule has 2 nitrogen and oxygen atoms in total. The summed E-state index contributed by atoms with van der Waals surface area (Å²) in [6, 6.07) is 1.36. The third kappa shape index (κ3) is 2.85. The Morgan fingerprint density at radius 2 is 2.00 bits per heavy atom. The minimum Gasteiger partial charge on any atom is -0.393 e. The molecular weight excluding hydrogens is 210 g/mol. The highest BCUT2D eigenvalue weighted by Gasteiger charge is 2.41. The maximum absolute atomic E-state index is 9.97. The number of rotatable bonds is 2. The molecule has 0 aromatic heterocycles. The van der Waals surface area contributed by atoms with E-state index in [4.69, 9.17) is 0 Å². The average molecular weight is 239 g/mol. The molecule has 1 heterocycles. The van der Waals surface area contributed by atoms with Crippen LogP contribution in [0.15, 0.2) is 0 Å². The van der Waals surface area contributed by atoms with Gasteiger partial charge in [0.1, 0.15) is 0 Å². The van der Waals surface area contributed by atoms with Crippen molar-refractivity contribution in [2.75, 3.05) is 6.54 Å². The van der Waals surface area contributed by atoms with Crippen LogP contribution in [0.5, 0.6) is 0 Å². The van der Waals surface area contributed by atoms with Gasteiger partial charge in [0.25, 0.3) is 0 Å². The van der Waals surface area contributed by atoms with Crippen LogP contribution in [0.3, 0.4) is 0 Å². The molecule has 0 spiro atoms. The molecule has 2 fully saturated rings. The van der Waals surface area contributed by atoms with E-state index in [-0.39, 0.29) is 6.10 Å². The summed E-state index contributed by atoms with van der Waals surface area (Å²) in [5.74, 6) is 0. The smallest absolute Gasteiger partial charge is 0.0555 e. The van der Waals surface area contributed by atoms with E-state index in [1.54, 1.807) is 0 Å². The second-order valence-corrected chi connectivity index (χ2v) is 6.73. The number of hydrogen-bond donors (Lipinski definition) is 1. The van der Waals surface area contributed by atoms with Gasteiger partial charge in [-0.15, -0.1) is 0 Å². The molecule has 0 radical (unpaired) electrons. The van der Waals surface area contributed by atoms with E-state index in [1.165, 1.54) is 38.6 Å². The van der Waals surface area contributed by atoms with E-state index >= 15 is 0 Å². The lowest BCUT2D eigenvalue weighted by Crippen LogP contribution is -2.55. The Morgan fingerprint density at radius 1 is 1.24 bits per heavy atom. The zero-order valence-electron chi connectivity index (χ0n) is 11.8. The van der Waals surface area contributed by atoms with Crippen molar-refractivity contribution in [3.8, 4) is 0 Å². The standard InChI is InChI=1S/C15H29NO/c1-4-12-7-5-6-10-16(12)14-11-13(17)8-9-15(14,2)3/h12-14,17H,4-11H2,1-3H3. The molecule has 2 rings (SSSR count). The summed E-state index contributed by atoms with van der Waals surface area (Å²) in [7, 11) is 0. The molecule has 0 bridgehead atoms. The van der Waals surface area contributed by atoms with E-state index < -0.39 is 0 Å².